The first-order chi connectivity index (χ1) is 14.9. The van der Waals surface area contributed by atoms with Crippen molar-refractivity contribution in [3.05, 3.63) is 60.6 Å². The van der Waals surface area contributed by atoms with E-state index >= 15 is 0 Å². The minimum Gasteiger partial charge on any atom is -0.490 e. The molecule has 0 N–H and O–H groups in total. The Labute approximate surface area is 176 Å². The molecule has 6 nitrogen and oxygen atoms in total. The van der Waals surface area contributed by atoms with Gasteiger partial charge in [-0.25, -0.2) is 0 Å². The van der Waals surface area contributed by atoms with Crippen LogP contribution >= 0.6 is 0 Å². The molecule has 1 saturated heterocycles. The number of carbonyl (C=O) groups excluding carboxylic acids is 1. The molecule has 31 heavy (non-hydrogen) atoms. The van der Waals surface area contributed by atoms with Crippen LogP contribution in [0.15, 0.2) is 55.0 Å². The number of pyridine rings is 2. The summed E-state index contributed by atoms with van der Waals surface area (Å²) in [5.74, 6) is 0.406. The van der Waals surface area contributed by atoms with Crippen molar-refractivity contribution in [1.29, 1.82) is 0 Å². The quantitative estimate of drug-likeness (QED) is 0.604. The third-order valence-corrected chi connectivity index (χ3v) is 4.98. The number of halogens is 3. The van der Waals surface area contributed by atoms with Gasteiger partial charge in [0, 0.05) is 56.0 Å². The molecule has 1 aromatic carbocycles. The van der Waals surface area contributed by atoms with Crippen molar-refractivity contribution < 1.29 is 27.4 Å². The monoisotopic (exact) mass is 431 g/mol. The number of alkyl halides is 3. The molecule has 9 heteroatoms. The molecule has 1 aliphatic rings. The summed E-state index contributed by atoms with van der Waals surface area (Å²) in [6.45, 7) is -0.358. The maximum Gasteiger partial charge on any atom is 0.422 e. The van der Waals surface area contributed by atoms with Crippen LogP contribution in [0, 0.1) is 0 Å². The first-order valence-electron chi connectivity index (χ1n) is 9.83. The number of benzene rings is 1. The fourth-order valence-corrected chi connectivity index (χ4v) is 3.50. The van der Waals surface area contributed by atoms with Gasteiger partial charge in [-0.1, -0.05) is 6.07 Å². The van der Waals surface area contributed by atoms with E-state index in [1.807, 2.05) is 6.07 Å². The normalized spacial score (nSPS) is 15.1. The average molecular weight is 431 g/mol. The SMILES string of the molecule is O=C(c1cncc2cccnc12)N1CCC(Oc2cccc(OCC(F)(F)F)c2)CC1. The third kappa shape index (κ3) is 5.22. The number of amides is 1. The molecule has 0 spiro atoms. The third-order valence-electron chi connectivity index (χ3n) is 4.98. The second kappa shape index (κ2) is 8.79. The second-order valence-electron chi connectivity index (χ2n) is 7.25. The lowest BCUT2D eigenvalue weighted by atomic mass is 10.1. The highest BCUT2D eigenvalue weighted by Gasteiger charge is 2.29. The summed E-state index contributed by atoms with van der Waals surface area (Å²) in [7, 11) is 0. The van der Waals surface area contributed by atoms with Crippen LogP contribution in [-0.2, 0) is 0 Å². The van der Waals surface area contributed by atoms with Gasteiger partial charge in [0.25, 0.3) is 5.91 Å². The van der Waals surface area contributed by atoms with Crippen LogP contribution in [0.5, 0.6) is 11.5 Å². The Bertz CT molecular complexity index is 1060. The number of fused-ring (bicyclic) bond motifs is 1. The summed E-state index contributed by atoms with van der Waals surface area (Å²) >= 11 is 0. The average Bonchev–Trinajstić information content (AvgIpc) is 2.77. The molecule has 0 radical (unpaired) electrons. The second-order valence-corrected chi connectivity index (χ2v) is 7.25. The summed E-state index contributed by atoms with van der Waals surface area (Å²) in [5, 5.41) is 0.805. The van der Waals surface area contributed by atoms with Gasteiger partial charge >= 0.3 is 6.18 Å². The first kappa shape index (κ1) is 20.9. The fourth-order valence-electron chi connectivity index (χ4n) is 3.50. The standard InChI is InChI=1S/C22H20F3N3O3/c23-22(24,25)14-30-17-4-1-5-18(11-17)31-16-6-9-28(10-7-16)21(29)19-13-26-12-15-3-2-8-27-20(15)19/h1-5,8,11-13,16H,6-7,9-10,14H2. The Morgan fingerprint density at radius 1 is 1.10 bits per heavy atom. The molecule has 0 bridgehead atoms. The van der Waals surface area contributed by atoms with Crippen molar-refractivity contribution in [2.45, 2.75) is 25.1 Å². The molecule has 3 aromatic rings. The van der Waals surface area contributed by atoms with Gasteiger partial charge in [-0.05, 0) is 24.3 Å². The van der Waals surface area contributed by atoms with Crippen LogP contribution in [0.4, 0.5) is 13.2 Å². The Hall–Kier alpha value is -3.36. The molecule has 3 heterocycles. The van der Waals surface area contributed by atoms with E-state index in [2.05, 4.69) is 9.97 Å². The van der Waals surface area contributed by atoms with E-state index in [1.54, 1.807) is 35.5 Å². The predicted molar refractivity (Wildman–Crippen MR) is 107 cm³/mol. The molecule has 2 aromatic heterocycles. The van der Waals surface area contributed by atoms with Gasteiger partial charge in [0.2, 0.25) is 0 Å². The van der Waals surface area contributed by atoms with E-state index in [-0.39, 0.29) is 17.8 Å². The maximum atomic E-state index is 13.0. The van der Waals surface area contributed by atoms with Crippen molar-refractivity contribution in [2.75, 3.05) is 19.7 Å². The molecular formula is C22H20F3N3O3. The lowest BCUT2D eigenvalue weighted by Gasteiger charge is -2.32. The number of rotatable bonds is 5. The number of ether oxygens (including phenoxy) is 2. The summed E-state index contributed by atoms with van der Waals surface area (Å²) in [6, 6.07) is 9.80. The zero-order chi connectivity index (χ0) is 21.8. The van der Waals surface area contributed by atoms with Crippen LogP contribution in [0.1, 0.15) is 23.2 Å². The van der Waals surface area contributed by atoms with Gasteiger partial charge in [0.15, 0.2) is 6.61 Å². The number of nitrogens with zero attached hydrogens (tertiary/aromatic N) is 3. The molecule has 0 aliphatic carbocycles. The highest BCUT2D eigenvalue weighted by Crippen LogP contribution is 2.26. The minimum atomic E-state index is -4.40. The van der Waals surface area contributed by atoms with Crippen molar-refractivity contribution in [3.8, 4) is 11.5 Å². The van der Waals surface area contributed by atoms with Gasteiger partial charge in [-0.15, -0.1) is 0 Å². The Kier molecular flexibility index (Phi) is 5.92. The lowest BCUT2D eigenvalue weighted by Crippen LogP contribution is -2.41. The van der Waals surface area contributed by atoms with E-state index in [0.29, 0.717) is 42.8 Å². The van der Waals surface area contributed by atoms with Crippen LogP contribution in [0.25, 0.3) is 10.9 Å². The Morgan fingerprint density at radius 3 is 2.65 bits per heavy atom. The Balaban J connectivity index is 1.35. The molecule has 0 saturated carbocycles. The summed E-state index contributed by atoms with van der Waals surface area (Å²) in [4.78, 5) is 23.2. The number of hydrogen-bond donors (Lipinski definition) is 0. The number of piperidine rings is 1. The predicted octanol–water partition coefficient (Wildman–Crippen LogP) is 4.25. The van der Waals surface area contributed by atoms with E-state index in [1.165, 1.54) is 18.3 Å². The number of likely N-dealkylation sites (tertiary alicyclic amines) is 1. The summed E-state index contributed by atoms with van der Waals surface area (Å²) < 4.78 is 47.7. The molecular weight excluding hydrogens is 411 g/mol. The van der Waals surface area contributed by atoms with Crippen LogP contribution in [0.3, 0.4) is 0 Å². The van der Waals surface area contributed by atoms with E-state index in [0.717, 1.165) is 5.39 Å². The smallest absolute Gasteiger partial charge is 0.422 e. The van der Waals surface area contributed by atoms with Crippen molar-refractivity contribution in [1.82, 2.24) is 14.9 Å². The van der Waals surface area contributed by atoms with Gasteiger partial charge in [-0.3, -0.25) is 14.8 Å². The van der Waals surface area contributed by atoms with E-state index in [4.69, 9.17) is 9.47 Å². The molecule has 162 valence electrons. The minimum absolute atomic E-state index is 0.0957. The fraction of sp³-hybridized carbons (Fsp3) is 0.318. The number of aromatic nitrogens is 2. The largest absolute Gasteiger partial charge is 0.490 e. The van der Waals surface area contributed by atoms with Gasteiger partial charge in [0.05, 0.1) is 11.1 Å². The lowest BCUT2D eigenvalue weighted by molar-refractivity contribution is -0.153. The Morgan fingerprint density at radius 2 is 1.87 bits per heavy atom. The zero-order valence-corrected chi connectivity index (χ0v) is 16.5. The molecule has 0 atom stereocenters. The van der Waals surface area contributed by atoms with Crippen molar-refractivity contribution in [3.63, 3.8) is 0 Å². The first-order valence-corrected chi connectivity index (χ1v) is 9.83. The number of carbonyl (C=O) groups is 1. The molecule has 0 unspecified atom stereocenters. The van der Waals surface area contributed by atoms with Crippen molar-refractivity contribution in [2.24, 2.45) is 0 Å². The maximum absolute atomic E-state index is 13.0. The van der Waals surface area contributed by atoms with Gasteiger partial charge in [0.1, 0.15) is 17.6 Å². The molecule has 1 amide bonds. The van der Waals surface area contributed by atoms with Crippen LogP contribution in [-0.4, -0.2) is 52.8 Å². The molecule has 1 fully saturated rings. The topological polar surface area (TPSA) is 64.6 Å². The summed E-state index contributed by atoms with van der Waals surface area (Å²) in [6.07, 6.45) is 1.51. The van der Waals surface area contributed by atoms with E-state index < -0.39 is 12.8 Å². The highest BCUT2D eigenvalue weighted by molar-refractivity contribution is 6.04. The summed E-state index contributed by atoms with van der Waals surface area (Å²) in [5.41, 5.74) is 1.09. The van der Waals surface area contributed by atoms with E-state index in [9.17, 15) is 18.0 Å². The molecule has 1 aliphatic heterocycles. The van der Waals surface area contributed by atoms with Crippen LogP contribution in [0.2, 0.25) is 0 Å². The van der Waals surface area contributed by atoms with Crippen LogP contribution < -0.4 is 9.47 Å². The van der Waals surface area contributed by atoms with Crippen molar-refractivity contribution >= 4 is 16.8 Å². The molecule has 4 rings (SSSR count). The van der Waals surface area contributed by atoms with Gasteiger partial charge < -0.3 is 14.4 Å². The number of hydrogen-bond acceptors (Lipinski definition) is 5. The highest BCUT2D eigenvalue weighted by atomic mass is 19.4. The van der Waals surface area contributed by atoms with Gasteiger partial charge in [-0.2, -0.15) is 13.2 Å². The zero-order valence-electron chi connectivity index (χ0n) is 16.5.